The fourth-order valence-electron chi connectivity index (χ4n) is 9.64. The van der Waals surface area contributed by atoms with E-state index < -0.39 is 17.8 Å². The van der Waals surface area contributed by atoms with Crippen LogP contribution in [0.5, 0.6) is 0 Å². The van der Waals surface area contributed by atoms with Crippen LogP contribution >= 0.6 is 0 Å². The van der Waals surface area contributed by atoms with Crippen LogP contribution < -0.4 is 0 Å². The van der Waals surface area contributed by atoms with Crippen molar-refractivity contribution in [2.45, 2.75) is 117 Å². The third-order valence-corrected chi connectivity index (χ3v) is 11.1. The van der Waals surface area contributed by atoms with E-state index in [-0.39, 0.29) is 40.6 Å². The molecule has 0 heterocycles. The van der Waals surface area contributed by atoms with Gasteiger partial charge in [-0.15, -0.1) is 0 Å². The van der Waals surface area contributed by atoms with Crippen LogP contribution in [-0.2, 0) is 0 Å². The molecule has 4 fully saturated rings. The summed E-state index contributed by atoms with van der Waals surface area (Å²) in [5, 5.41) is 45.0. The van der Waals surface area contributed by atoms with E-state index in [0.717, 1.165) is 51.4 Å². The number of aliphatic hydroxyl groups is 4. The van der Waals surface area contributed by atoms with Crippen LogP contribution in [-0.4, -0.2) is 44.3 Å². The monoisotopic (exact) mass is 448 g/mol. The van der Waals surface area contributed by atoms with E-state index in [1.54, 1.807) is 0 Å². The Kier molecular flexibility index (Phi) is 6.45. The SMILES string of the molecule is CC(C)=CCC[C@](C)(O)C1CCC2C1[C@H](O)CC1[C@@]2(C)C[C@@H](O)C2[C@@H](C)C(O)CC[C@@]21C. The van der Waals surface area contributed by atoms with Crippen molar-refractivity contribution in [2.75, 3.05) is 0 Å². The molecule has 6 unspecified atom stereocenters. The first kappa shape index (κ1) is 24.7. The molecule has 184 valence electrons. The lowest BCUT2D eigenvalue weighted by molar-refractivity contribution is -0.234. The molecule has 4 aliphatic rings. The van der Waals surface area contributed by atoms with E-state index in [1.165, 1.54) is 5.57 Å². The Morgan fingerprint density at radius 2 is 1.69 bits per heavy atom. The van der Waals surface area contributed by atoms with Gasteiger partial charge in [0.1, 0.15) is 0 Å². The van der Waals surface area contributed by atoms with Crippen molar-refractivity contribution in [1.82, 2.24) is 0 Å². The molecule has 0 radical (unpaired) electrons. The van der Waals surface area contributed by atoms with Crippen LogP contribution in [0.15, 0.2) is 11.6 Å². The lowest BCUT2D eigenvalue weighted by Gasteiger charge is -2.67. The minimum atomic E-state index is -0.779. The molecule has 0 saturated heterocycles. The van der Waals surface area contributed by atoms with E-state index in [4.69, 9.17) is 0 Å². The first-order chi connectivity index (χ1) is 14.8. The third-order valence-electron chi connectivity index (χ3n) is 11.1. The predicted octanol–water partition coefficient (Wildman–Crippen LogP) is 4.69. The molecule has 4 heteroatoms. The molecular weight excluding hydrogens is 400 g/mol. The summed E-state index contributed by atoms with van der Waals surface area (Å²) in [5.74, 6) is 1.10. The van der Waals surface area contributed by atoms with E-state index in [9.17, 15) is 20.4 Å². The van der Waals surface area contributed by atoms with Crippen LogP contribution in [0.1, 0.15) is 92.9 Å². The Hall–Kier alpha value is -0.420. The van der Waals surface area contributed by atoms with Crippen molar-refractivity contribution in [3.63, 3.8) is 0 Å². The van der Waals surface area contributed by atoms with E-state index >= 15 is 0 Å². The summed E-state index contributed by atoms with van der Waals surface area (Å²) in [5.41, 5.74) is 0.421. The molecule has 0 aliphatic heterocycles. The molecule has 4 aliphatic carbocycles. The normalized spacial score (nSPS) is 52.4. The molecule has 0 aromatic rings. The molecule has 0 amide bonds. The number of hydrogen-bond donors (Lipinski definition) is 4. The summed E-state index contributed by atoms with van der Waals surface area (Å²) in [6.45, 7) is 13.0. The average molecular weight is 449 g/mol. The van der Waals surface area contributed by atoms with Crippen LogP contribution in [0.2, 0.25) is 0 Å². The Morgan fingerprint density at radius 1 is 1.00 bits per heavy atom. The molecule has 0 aromatic carbocycles. The Morgan fingerprint density at radius 3 is 2.34 bits per heavy atom. The maximum Gasteiger partial charge on any atom is 0.0654 e. The van der Waals surface area contributed by atoms with Crippen LogP contribution in [0.25, 0.3) is 0 Å². The van der Waals surface area contributed by atoms with Gasteiger partial charge >= 0.3 is 0 Å². The van der Waals surface area contributed by atoms with Gasteiger partial charge in [0.2, 0.25) is 0 Å². The predicted molar refractivity (Wildman–Crippen MR) is 128 cm³/mol. The summed E-state index contributed by atoms with van der Waals surface area (Å²) in [7, 11) is 0. The zero-order valence-electron chi connectivity index (χ0n) is 21.2. The zero-order chi connectivity index (χ0) is 23.6. The van der Waals surface area contributed by atoms with Crippen molar-refractivity contribution in [3.05, 3.63) is 11.6 Å². The summed E-state index contributed by atoms with van der Waals surface area (Å²) >= 11 is 0. The van der Waals surface area contributed by atoms with Crippen molar-refractivity contribution < 1.29 is 20.4 Å². The lowest BCUT2D eigenvalue weighted by atomic mass is 9.39. The van der Waals surface area contributed by atoms with Crippen molar-refractivity contribution >= 4 is 0 Å². The average Bonchev–Trinajstić information content (AvgIpc) is 3.15. The second-order valence-corrected chi connectivity index (χ2v) is 13.2. The van der Waals surface area contributed by atoms with Crippen molar-refractivity contribution in [1.29, 1.82) is 0 Å². The second-order valence-electron chi connectivity index (χ2n) is 13.2. The fraction of sp³-hybridized carbons (Fsp3) is 0.929. The number of rotatable bonds is 4. The van der Waals surface area contributed by atoms with Gasteiger partial charge in [0, 0.05) is 0 Å². The van der Waals surface area contributed by atoms with Crippen LogP contribution in [0.3, 0.4) is 0 Å². The molecular formula is C28H48O4. The first-order valence-corrected chi connectivity index (χ1v) is 13.2. The van der Waals surface area contributed by atoms with Crippen molar-refractivity contribution in [3.8, 4) is 0 Å². The van der Waals surface area contributed by atoms with Gasteiger partial charge < -0.3 is 20.4 Å². The quantitative estimate of drug-likeness (QED) is 0.470. The first-order valence-electron chi connectivity index (χ1n) is 13.2. The maximum absolute atomic E-state index is 11.5. The Labute approximate surface area is 195 Å². The van der Waals surface area contributed by atoms with Gasteiger partial charge in [-0.2, -0.15) is 0 Å². The summed E-state index contributed by atoms with van der Waals surface area (Å²) in [6, 6.07) is 0. The summed E-state index contributed by atoms with van der Waals surface area (Å²) < 4.78 is 0. The fourth-order valence-corrected chi connectivity index (χ4v) is 9.64. The van der Waals surface area contributed by atoms with E-state index in [2.05, 4.69) is 40.7 Å². The molecule has 32 heavy (non-hydrogen) atoms. The van der Waals surface area contributed by atoms with Gasteiger partial charge in [-0.3, -0.25) is 0 Å². The highest BCUT2D eigenvalue weighted by Gasteiger charge is 2.67. The summed E-state index contributed by atoms with van der Waals surface area (Å²) in [6.07, 6.45) is 7.91. The number of hydrogen-bond acceptors (Lipinski definition) is 4. The molecule has 0 aromatic heterocycles. The number of fused-ring (bicyclic) bond motifs is 5. The van der Waals surface area contributed by atoms with E-state index in [1.807, 2.05) is 6.92 Å². The highest BCUT2D eigenvalue weighted by molar-refractivity contribution is 5.16. The van der Waals surface area contributed by atoms with Gasteiger partial charge in [-0.1, -0.05) is 32.4 Å². The number of allylic oxidation sites excluding steroid dienone is 2. The molecule has 4 N–H and O–H groups in total. The van der Waals surface area contributed by atoms with Gasteiger partial charge in [-0.25, -0.2) is 0 Å². The maximum atomic E-state index is 11.5. The van der Waals surface area contributed by atoms with Crippen LogP contribution in [0.4, 0.5) is 0 Å². The minimum absolute atomic E-state index is 0.0265. The van der Waals surface area contributed by atoms with Crippen molar-refractivity contribution in [2.24, 2.45) is 46.3 Å². The molecule has 4 nitrogen and oxygen atoms in total. The number of aliphatic hydroxyl groups excluding tert-OH is 3. The Balaban J connectivity index is 1.62. The van der Waals surface area contributed by atoms with Crippen LogP contribution in [0, 0.1) is 46.3 Å². The molecule has 4 saturated carbocycles. The summed E-state index contributed by atoms with van der Waals surface area (Å²) in [4.78, 5) is 0. The zero-order valence-corrected chi connectivity index (χ0v) is 21.2. The molecule has 0 spiro atoms. The third kappa shape index (κ3) is 3.72. The lowest BCUT2D eigenvalue weighted by Crippen LogP contribution is -2.65. The minimum Gasteiger partial charge on any atom is -0.393 e. The Bertz CT molecular complexity index is 727. The van der Waals surface area contributed by atoms with Gasteiger partial charge in [0.05, 0.1) is 23.9 Å². The topological polar surface area (TPSA) is 80.9 Å². The smallest absolute Gasteiger partial charge is 0.0654 e. The standard InChI is InChI=1S/C28H48O4/c1-16(2)8-7-12-28(6,32)19-10-9-18-24(19)21(30)14-23-26(4)13-11-20(29)17(3)25(26)22(31)15-27(18,23)5/h8,17-25,29-32H,7,9-15H2,1-6H3/t17-,18?,19?,20?,21+,22+,23?,24?,25?,26+,27-,28-/m0/s1. The largest absolute Gasteiger partial charge is 0.393 e. The second kappa shape index (κ2) is 8.36. The van der Waals surface area contributed by atoms with E-state index in [0.29, 0.717) is 11.8 Å². The molecule has 0 bridgehead atoms. The molecule has 4 rings (SSSR count). The highest BCUT2D eigenvalue weighted by Crippen LogP contribution is 2.70. The van der Waals surface area contributed by atoms with Gasteiger partial charge in [0.25, 0.3) is 0 Å². The molecule has 12 atom stereocenters. The highest BCUT2D eigenvalue weighted by atomic mass is 16.3. The van der Waals surface area contributed by atoms with Gasteiger partial charge in [0.15, 0.2) is 0 Å². The van der Waals surface area contributed by atoms with Gasteiger partial charge in [-0.05, 0) is 118 Å².